The molecule has 4 nitrogen and oxygen atoms in total. The van der Waals surface area contributed by atoms with Crippen LogP contribution in [0.5, 0.6) is 0 Å². The molecule has 3 heterocycles. The van der Waals surface area contributed by atoms with Crippen LogP contribution in [0.4, 0.5) is 0 Å². The molecule has 0 amide bonds. The van der Waals surface area contributed by atoms with Gasteiger partial charge in [-0.2, -0.15) is 0 Å². The van der Waals surface area contributed by atoms with E-state index in [0.717, 1.165) is 18.9 Å². The largest absolute Gasteiger partial charge is 0.858 e. The molecule has 1 aromatic rings. The van der Waals surface area contributed by atoms with Gasteiger partial charge in [0.25, 0.3) is 0 Å². The number of rotatable bonds is 6. The fourth-order valence-corrected chi connectivity index (χ4v) is 3.69. The summed E-state index contributed by atoms with van der Waals surface area (Å²) >= 11 is 0. The molecular weight excluding hydrogens is 403 g/mol. The molecule has 3 fully saturated rings. The number of likely N-dealkylation sites (N-methyl/N-ethyl adjacent to an activating group) is 1. The maximum Gasteiger partial charge on any atom is 0.110 e. The van der Waals surface area contributed by atoms with Crippen molar-refractivity contribution in [3.63, 3.8) is 0 Å². The summed E-state index contributed by atoms with van der Waals surface area (Å²) in [4.78, 5) is 4.12. The minimum Gasteiger partial charge on any atom is -0.858 e. The Morgan fingerprint density at radius 2 is 1.96 bits per heavy atom. The smallest absolute Gasteiger partial charge is 0.110 e. The SMILES string of the molecule is C[N+]12CCC(CC1)C(OCCCN=C([O-])c1ccccc1)C2.I. The van der Waals surface area contributed by atoms with Crippen LogP contribution >= 0.6 is 24.0 Å². The number of fused-ring (bicyclic) bond motifs is 3. The molecular formula is C18H27IN2O2. The average molecular weight is 430 g/mol. The molecule has 5 heteroatoms. The zero-order valence-electron chi connectivity index (χ0n) is 13.8. The summed E-state index contributed by atoms with van der Waals surface area (Å²) in [5.74, 6) is 0.629. The van der Waals surface area contributed by atoms with E-state index in [1.807, 2.05) is 18.2 Å². The first-order valence-corrected chi connectivity index (χ1v) is 8.38. The van der Waals surface area contributed by atoms with Crippen LogP contribution in [0.3, 0.4) is 0 Å². The first-order chi connectivity index (χ1) is 10.7. The second-order valence-electron chi connectivity index (χ2n) is 6.90. The number of hydrogen-bond donors (Lipinski definition) is 0. The van der Waals surface area contributed by atoms with Crippen LogP contribution < -0.4 is 5.11 Å². The summed E-state index contributed by atoms with van der Waals surface area (Å²) in [6.07, 6.45) is 3.85. The summed E-state index contributed by atoms with van der Waals surface area (Å²) in [5, 5.41) is 11.8. The minimum absolute atomic E-state index is 0. The highest BCUT2D eigenvalue weighted by Crippen LogP contribution is 2.33. The molecule has 3 saturated heterocycles. The quantitative estimate of drug-likeness (QED) is 0.228. The van der Waals surface area contributed by atoms with Gasteiger partial charge in [0.2, 0.25) is 0 Å². The Balaban J connectivity index is 0.00000192. The number of ether oxygens (including phenoxy) is 1. The van der Waals surface area contributed by atoms with Gasteiger partial charge in [-0.3, -0.25) is 0 Å². The zero-order valence-corrected chi connectivity index (χ0v) is 16.1. The van der Waals surface area contributed by atoms with Gasteiger partial charge in [0.05, 0.1) is 20.1 Å². The molecule has 1 unspecified atom stereocenters. The van der Waals surface area contributed by atoms with Gasteiger partial charge in [-0.15, -0.1) is 24.0 Å². The maximum atomic E-state index is 11.8. The number of piperidine rings is 3. The molecule has 1 aromatic carbocycles. The first kappa shape index (κ1) is 18.7. The van der Waals surface area contributed by atoms with Gasteiger partial charge < -0.3 is 19.3 Å². The highest BCUT2D eigenvalue weighted by Gasteiger charge is 2.43. The molecule has 0 N–H and O–H groups in total. The summed E-state index contributed by atoms with van der Waals surface area (Å²) in [7, 11) is 2.35. The summed E-state index contributed by atoms with van der Waals surface area (Å²) in [6.45, 7) is 5.05. The van der Waals surface area contributed by atoms with Crippen LogP contribution in [0.1, 0.15) is 24.8 Å². The Labute approximate surface area is 156 Å². The van der Waals surface area contributed by atoms with Crippen LogP contribution in [0.15, 0.2) is 35.3 Å². The number of quaternary nitrogens is 1. The highest BCUT2D eigenvalue weighted by molar-refractivity contribution is 14.0. The monoisotopic (exact) mass is 430 g/mol. The second-order valence-corrected chi connectivity index (χ2v) is 6.90. The van der Waals surface area contributed by atoms with Gasteiger partial charge in [0.1, 0.15) is 12.6 Å². The van der Waals surface area contributed by atoms with Crippen LogP contribution in [0.25, 0.3) is 0 Å². The van der Waals surface area contributed by atoms with E-state index in [2.05, 4.69) is 12.0 Å². The third-order valence-electron chi connectivity index (χ3n) is 5.14. The third kappa shape index (κ3) is 4.90. The molecule has 3 aliphatic rings. The van der Waals surface area contributed by atoms with Gasteiger partial charge in [-0.05, 0) is 17.9 Å². The molecule has 0 radical (unpaired) electrons. The lowest BCUT2D eigenvalue weighted by molar-refractivity contribution is -0.928. The van der Waals surface area contributed by atoms with E-state index in [9.17, 15) is 5.11 Å². The van der Waals surface area contributed by atoms with Crippen LogP contribution in [0.2, 0.25) is 0 Å². The van der Waals surface area contributed by atoms with Crippen molar-refractivity contribution in [3.05, 3.63) is 35.9 Å². The Bertz CT molecular complexity index is 513. The molecule has 0 spiro atoms. The van der Waals surface area contributed by atoms with Gasteiger partial charge in [0, 0.05) is 31.9 Å². The van der Waals surface area contributed by atoms with Gasteiger partial charge in [-0.25, -0.2) is 0 Å². The first-order valence-electron chi connectivity index (χ1n) is 8.38. The van der Waals surface area contributed by atoms with E-state index in [-0.39, 0.29) is 29.9 Å². The molecule has 0 saturated carbocycles. The normalized spacial score (nSPS) is 30.0. The number of halogens is 1. The van der Waals surface area contributed by atoms with Crippen molar-refractivity contribution >= 4 is 29.9 Å². The topological polar surface area (TPSA) is 44.6 Å². The molecule has 4 rings (SSSR count). The average Bonchev–Trinajstić information content (AvgIpc) is 2.55. The van der Waals surface area contributed by atoms with Crippen molar-refractivity contribution in [2.75, 3.05) is 39.8 Å². The summed E-state index contributed by atoms with van der Waals surface area (Å²) < 4.78 is 7.26. The fraction of sp³-hybridized carbons (Fsp3) is 0.611. The number of hydrogen-bond acceptors (Lipinski definition) is 3. The molecule has 23 heavy (non-hydrogen) atoms. The zero-order chi connectivity index (χ0) is 15.4. The van der Waals surface area contributed by atoms with E-state index < -0.39 is 0 Å². The lowest BCUT2D eigenvalue weighted by atomic mass is 9.84. The minimum atomic E-state index is -0.124. The third-order valence-corrected chi connectivity index (χ3v) is 5.14. The maximum absolute atomic E-state index is 11.8. The van der Waals surface area contributed by atoms with Crippen molar-refractivity contribution in [1.82, 2.24) is 0 Å². The van der Waals surface area contributed by atoms with Gasteiger partial charge in [0.15, 0.2) is 0 Å². The Morgan fingerprint density at radius 1 is 1.26 bits per heavy atom. The molecule has 1 atom stereocenters. The summed E-state index contributed by atoms with van der Waals surface area (Å²) in [5.41, 5.74) is 0.665. The lowest BCUT2D eigenvalue weighted by Gasteiger charge is -2.50. The van der Waals surface area contributed by atoms with Crippen molar-refractivity contribution in [1.29, 1.82) is 0 Å². The summed E-state index contributed by atoms with van der Waals surface area (Å²) in [6, 6.07) is 9.24. The molecule has 0 aromatic heterocycles. The number of benzene rings is 1. The standard InChI is InChI=1S/C18H26N2O2.HI/c1-20-11-8-15(9-12-20)17(14-20)22-13-5-10-19-18(21)16-6-3-2-4-7-16;/h2-4,6-7,15,17H,5,8-14H2,1H3;1H. The van der Waals surface area contributed by atoms with E-state index in [1.165, 1.54) is 30.4 Å². The number of nitrogens with zero attached hydrogens (tertiary/aromatic N) is 2. The lowest BCUT2D eigenvalue weighted by Crippen LogP contribution is -2.61. The molecule has 0 aliphatic carbocycles. The molecule has 2 bridgehead atoms. The van der Waals surface area contributed by atoms with Gasteiger partial charge in [-0.1, -0.05) is 30.3 Å². The van der Waals surface area contributed by atoms with Crippen LogP contribution in [0, 0.1) is 5.92 Å². The fourth-order valence-electron chi connectivity index (χ4n) is 3.69. The second kappa shape index (κ2) is 8.44. The van der Waals surface area contributed by atoms with E-state index in [1.54, 1.807) is 12.1 Å². The van der Waals surface area contributed by atoms with E-state index in [4.69, 9.17) is 4.74 Å². The van der Waals surface area contributed by atoms with E-state index in [0.29, 0.717) is 24.8 Å². The van der Waals surface area contributed by atoms with Gasteiger partial charge >= 0.3 is 0 Å². The van der Waals surface area contributed by atoms with Crippen molar-refractivity contribution in [3.8, 4) is 0 Å². The highest BCUT2D eigenvalue weighted by atomic mass is 127. The Kier molecular flexibility index (Phi) is 6.85. The van der Waals surface area contributed by atoms with Crippen molar-refractivity contribution in [2.45, 2.75) is 25.4 Å². The predicted molar refractivity (Wildman–Crippen MR) is 101 cm³/mol. The Hall–Kier alpha value is -0.660. The van der Waals surface area contributed by atoms with Crippen LogP contribution in [-0.4, -0.2) is 56.3 Å². The Morgan fingerprint density at radius 3 is 2.61 bits per heavy atom. The predicted octanol–water partition coefficient (Wildman–Crippen LogP) is 2.06. The van der Waals surface area contributed by atoms with E-state index >= 15 is 0 Å². The molecule has 3 aliphatic heterocycles. The van der Waals surface area contributed by atoms with Crippen molar-refractivity contribution in [2.24, 2.45) is 10.9 Å². The van der Waals surface area contributed by atoms with Crippen molar-refractivity contribution < 1.29 is 14.3 Å². The van der Waals surface area contributed by atoms with Crippen LogP contribution in [-0.2, 0) is 4.74 Å². The number of aliphatic imine (C=N–C) groups is 1. The molecule has 128 valence electrons.